The first kappa shape index (κ1) is 17.5. The molecule has 0 bridgehead atoms. The van der Waals surface area contributed by atoms with Crippen molar-refractivity contribution in [2.45, 2.75) is 32.9 Å². The second-order valence-electron chi connectivity index (χ2n) is 5.69. The van der Waals surface area contributed by atoms with Gasteiger partial charge in [-0.05, 0) is 31.5 Å². The van der Waals surface area contributed by atoms with Gasteiger partial charge in [-0.1, -0.05) is 6.92 Å². The van der Waals surface area contributed by atoms with Crippen molar-refractivity contribution < 1.29 is 9.18 Å². The highest BCUT2D eigenvalue weighted by molar-refractivity contribution is 5.89. The molecule has 136 valence electrons. The topological polar surface area (TPSA) is 103 Å². The number of rotatable bonds is 6. The van der Waals surface area contributed by atoms with E-state index in [2.05, 4.69) is 30.9 Å². The molecular formula is C16H19FN8O. The molecular weight excluding hydrogens is 339 g/mol. The average Bonchev–Trinajstić information content (AvgIpc) is 3.28. The number of carbonyl (C=O) groups is 1. The van der Waals surface area contributed by atoms with E-state index in [1.54, 1.807) is 22.2 Å². The predicted molar refractivity (Wildman–Crippen MR) is 92.2 cm³/mol. The molecule has 0 spiro atoms. The molecule has 0 saturated heterocycles. The van der Waals surface area contributed by atoms with Crippen LogP contribution in [0.4, 0.5) is 14.9 Å². The third kappa shape index (κ3) is 3.85. The van der Waals surface area contributed by atoms with Crippen LogP contribution in [0.15, 0.2) is 37.2 Å². The molecule has 3 rings (SSSR count). The number of amides is 2. The molecule has 1 atom stereocenters. The zero-order valence-electron chi connectivity index (χ0n) is 14.4. The summed E-state index contributed by atoms with van der Waals surface area (Å²) in [6.07, 6.45) is 5.32. The zero-order chi connectivity index (χ0) is 18.5. The van der Waals surface area contributed by atoms with Gasteiger partial charge in [-0.15, -0.1) is 10.2 Å². The molecule has 0 aliphatic rings. The van der Waals surface area contributed by atoms with Gasteiger partial charge in [0.1, 0.15) is 30.6 Å². The third-order valence-corrected chi connectivity index (χ3v) is 3.73. The molecule has 2 amide bonds. The predicted octanol–water partition coefficient (Wildman–Crippen LogP) is 2.29. The van der Waals surface area contributed by atoms with Gasteiger partial charge in [-0.25, -0.2) is 18.9 Å². The lowest BCUT2D eigenvalue weighted by molar-refractivity contribution is 0.248. The standard InChI is InChI=1S/C16H19FN8O/c1-3-6-25-15(18-8-21-25)11(2)22-16(26)23-14-7-12(4-5-13(14)17)24-9-19-20-10-24/h4-5,7-11H,3,6H2,1-2H3,(H2,22,23,26)/t11-/m0/s1. The molecule has 9 nitrogen and oxygen atoms in total. The summed E-state index contributed by atoms with van der Waals surface area (Å²) in [4.78, 5) is 16.4. The summed E-state index contributed by atoms with van der Waals surface area (Å²) in [6, 6.07) is 3.42. The Morgan fingerprint density at radius 1 is 1.31 bits per heavy atom. The van der Waals surface area contributed by atoms with Crippen LogP contribution < -0.4 is 10.6 Å². The summed E-state index contributed by atoms with van der Waals surface area (Å²) in [6.45, 7) is 4.53. The maximum Gasteiger partial charge on any atom is 0.319 e. The van der Waals surface area contributed by atoms with Crippen LogP contribution in [0.5, 0.6) is 0 Å². The molecule has 2 N–H and O–H groups in total. The highest BCUT2D eigenvalue weighted by Crippen LogP contribution is 2.19. The average molecular weight is 358 g/mol. The second kappa shape index (κ2) is 7.72. The van der Waals surface area contributed by atoms with Gasteiger partial charge in [0, 0.05) is 6.54 Å². The Balaban J connectivity index is 1.70. The first-order valence-corrected chi connectivity index (χ1v) is 8.18. The molecule has 0 aliphatic carbocycles. The molecule has 1 aromatic carbocycles. The second-order valence-corrected chi connectivity index (χ2v) is 5.69. The van der Waals surface area contributed by atoms with Gasteiger partial charge >= 0.3 is 6.03 Å². The Morgan fingerprint density at radius 2 is 2.08 bits per heavy atom. The minimum atomic E-state index is -0.543. The normalized spacial score (nSPS) is 12.0. The Kier molecular flexibility index (Phi) is 5.20. The van der Waals surface area contributed by atoms with Crippen molar-refractivity contribution in [3.63, 3.8) is 0 Å². The summed E-state index contributed by atoms with van der Waals surface area (Å²) in [7, 11) is 0. The summed E-state index contributed by atoms with van der Waals surface area (Å²) < 4.78 is 17.4. The number of hydrogen-bond acceptors (Lipinski definition) is 5. The first-order valence-electron chi connectivity index (χ1n) is 8.18. The number of nitrogens with zero attached hydrogens (tertiary/aromatic N) is 6. The number of carbonyl (C=O) groups excluding carboxylic acids is 1. The maximum atomic E-state index is 14.0. The maximum absolute atomic E-state index is 14.0. The quantitative estimate of drug-likeness (QED) is 0.704. The van der Waals surface area contributed by atoms with Crippen molar-refractivity contribution in [1.82, 2.24) is 34.8 Å². The lowest BCUT2D eigenvalue weighted by Gasteiger charge is -2.15. The van der Waals surface area contributed by atoms with Crippen molar-refractivity contribution >= 4 is 11.7 Å². The fourth-order valence-electron chi connectivity index (χ4n) is 2.52. The minimum Gasteiger partial charge on any atom is -0.328 e. The van der Waals surface area contributed by atoms with Crippen LogP contribution in [0.3, 0.4) is 0 Å². The number of anilines is 1. The monoisotopic (exact) mass is 358 g/mol. The molecule has 3 aromatic rings. The number of hydrogen-bond donors (Lipinski definition) is 2. The largest absolute Gasteiger partial charge is 0.328 e. The van der Waals surface area contributed by atoms with Crippen molar-refractivity contribution in [3.8, 4) is 5.69 Å². The highest BCUT2D eigenvalue weighted by atomic mass is 19.1. The Labute approximate surface area is 149 Å². The van der Waals surface area contributed by atoms with Gasteiger partial charge < -0.3 is 10.6 Å². The number of nitrogens with one attached hydrogen (secondary N) is 2. The summed E-state index contributed by atoms with van der Waals surface area (Å²) in [5, 5.41) is 16.8. The van der Waals surface area contributed by atoms with Crippen LogP contribution in [0.2, 0.25) is 0 Å². The molecule has 0 radical (unpaired) electrons. The van der Waals surface area contributed by atoms with Crippen LogP contribution in [0, 0.1) is 5.82 Å². The fourth-order valence-corrected chi connectivity index (χ4v) is 2.52. The molecule has 2 heterocycles. The summed E-state index contributed by atoms with van der Waals surface area (Å²) >= 11 is 0. The Bertz CT molecular complexity index is 876. The lowest BCUT2D eigenvalue weighted by atomic mass is 10.2. The van der Waals surface area contributed by atoms with Gasteiger partial charge in [-0.3, -0.25) is 4.57 Å². The van der Waals surface area contributed by atoms with E-state index in [9.17, 15) is 9.18 Å². The van der Waals surface area contributed by atoms with E-state index >= 15 is 0 Å². The van der Waals surface area contributed by atoms with E-state index in [4.69, 9.17) is 0 Å². The van der Waals surface area contributed by atoms with Gasteiger partial charge in [0.2, 0.25) is 0 Å². The van der Waals surface area contributed by atoms with E-state index in [0.717, 1.165) is 6.42 Å². The molecule has 26 heavy (non-hydrogen) atoms. The molecule has 10 heteroatoms. The number of aryl methyl sites for hydroxylation is 1. The van der Waals surface area contributed by atoms with Crippen LogP contribution >= 0.6 is 0 Å². The lowest BCUT2D eigenvalue weighted by Crippen LogP contribution is -2.33. The van der Waals surface area contributed by atoms with Crippen molar-refractivity contribution in [2.24, 2.45) is 0 Å². The Morgan fingerprint density at radius 3 is 2.81 bits per heavy atom. The van der Waals surface area contributed by atoms with E-state index in [0.29, 0.717) is 18.1 Å². The van der Waals surface area contributed by atoms with Crippen LogP contribution in [0.1, 0.15) is 32.1 Å². The van der Waals surface area contributed by atoms with E-state index in [1.165, 1.54) is 31.1 Å². The number of aromatic nitrogens is 6. The van der Waals surface area contributed by atoms with Gasteiger partial charge in [-0.2, -0.15) is 5.10 Å². The first-order chi connectivity index (χ1) is 12.6. The van der Waals surface area contributed by atoms with Gasteiger partial charge in [0.05, 0.1) is 17.4 Å². The number of benzene rings is 1. The molecule has 0 saturated carbocycles. The molecule has 2 aromatic heterocycles. The van der Waals surface area contributed by atoms with Crippen LogP contribution in [-0.2, 0) is 6.54 Å². The smallest absolute Gasteiger partial charge is 0.319 e. The van der Waals surface area contributed by atoms with Gasteiger partial charge in [0.25, 0.3) is 0 Å². The van der Waals surface area contributed by atoms with Crippen molar-refractivity contribution in [3.05, 3.63) is 48.8 Å². The SMILES string of the molecule is CCCn1ncnc1[C@H](C)NC(=O)Nc1cc(-n2cnnc2)ccc1F. The molecule has 0 fully saturated rings. The third-order valence-electron chi connectivity index (χ3n) is 3.73. The summed E-state index contributed by atoms with van der Waals surface area (Å²) in [5.41, 5.74) is 0.679. The van der Waals surface area contributed by atoms with Crippen molar-refractivity contribution in [1.29, 1.82) is 0 Å². The van der Waals surface area contributed by atoms with E-state index in [-0.39, 0.29) is 11.7 Å². The van der Waals surface area contributed by atoms with Crippen LogP contribution in [-0.4, -0.2) is 35.6 Å². The van der Waals surface area contributed by atoms with Crippen molar-refractivity contribution in [2.75, 3.05) is 5.32 Å². The number of halogens is 1. The van der Waals surface area contributed by atoms with Gasteiger partial charge in [0.15, 0.2) is 0 Å². The summed E-state index contributed by atoms with van der Waals surface area (Å²) in [5.74, 6) is 0.0967. The van der Waals surface area contributed by atoms with E-state index < -0.39 is 11.8 Å². The fraction of sp³-hybridized carbons (Fsp3) is 0.312. The van der Waals surface area contributed by atoms with E-state index in [1.807, 2.05) is 6.92 Å². The number of urea groups is 1. The molecule has 0 aliphatic heterocycles. The Hall–Kier alpha value is -3.30. The zero-order valence-corrected chi connectivity index (χ0v) is 14.4. The molecule has 0 unspecified atom stereocenters. The minimum absolute atomic E-state index is 0.0518. The van der Waals surface area contributed by atoms with Crippen LogP contribution in [0.25, 0.3) is 5.69 Å². The highest BCUT2D eigenvalue weighted by Gasteiger charge is 2.16.